The Morgan fingerprint density at radius 2 is 1.86 bits per heavy atom. The van der Waals surface area contributed by atoms with Gasteiger partial charge in [-0.3, -0.25) is 0 Å². The Bertz CT molecular complexity index is 243. The highest BCUT2D eigenvalue weighted by atomic mass is 14.9. The third-order valence-corrected chi connectivity index (χ3v) is 3.00. The zero-order chi connectivity index (χ0) is 10.4. The van der Waals surface area contributed by atoms with E-state index >= 15 is 0 Å². The number of hydrogen-bond acceptors (Lipinski definition) is 1. The number of nitrogens with one attached hydrogen (secondary N) is 1. The van der Waals surface area contributed by atoms with Crippen LogP contribution in [0.15, 0.2) is 30.3 Å². The summed E-state index contributed by atoms with van der Waals surface area (Å²) in [6.07, 6.45) is 2.37. The van der Waals surface area contributed by atoms with Gasteiger partial charge < -0.3 is 5.32 Å². The lowest BCUT2D eigenvalue weighted by molar-refractivity contribution is 0.386. The highest BCUT2D eigenvalue weighted by molar-refractivity contribution is 5.16. The van der Waals surface area contributed by atoms with Crippen LogP contribution in [0.25, 0.3) is 0 Å². The predicted octanol–water partition coefficient (Wildman–Crippen LogP) is 2.86. The fraction of sp³-hybridized carbons (Fsp3) is 0.538. The van der Waals surface area contributed by atoms with Crippen molar-refractivity contribution in [1.29, 1.82) is 0 Å². The molecule has 14 heavy (non-hydrogen) atoms. The van der Waals surface area contributed by atoms with Gasteiger partial charge in [-0.05, 0) is 24.9 Å². The van der Waals surface area contributed by atoms with Gasteiger partial charge in [-0.1, -0.05) is 50.6 Å². The average molecular weight is 191 g/mol. The lowest BCUT2D eigenvalue weighted by atomic mass is 9.93. The van der Waals surface area contributed by atoms with E-state index in [1.807, 2.05) is 0 Å². The molecule has 1 heteroatoms. The molecular weight excluding hydrogens is 170 g/mol. The number of benzene rings is 1. The van der Waals surface area contributed by atoms with E-state index in [0.717, 1.165) is 12.3 Å². The highest BCUT2D eigenvalue weighted by Crippen LogP contribution is 2.12. The Kier molecular flexibility index (Phi) is 4.68. The van der Waals surface area contributed by atoms with Crippen LogP contribution in [0, 0.1) is 5.92 Å². The van der Waals surface area contributed by atoms with Gasteiger partial charge in [0.15, 0.2) is 0 Å². The minimum atomic E-state index is 0.599. The first-order chi connectivity index (χ1) is 6.77. The van der Waals surface area contributed by atoms with Crippen LogP contribution < -0.4 is 5.32 Å². The Balaban J connectivity index is 2.57. The zero-order valence-electron chi connectivity index (χ0n) is 9.46. The summed E-state index contributed by atoms with van der Waals surface area (Å²) in [4.78, 5) is 0. The molecule has 0 saturated heterocycles. The SMILES string of the molecule is CCC(C)C(Cc1ccccc1)NC. The predicted molar refractivity (Wildman–Crippen MR) is 62.4 cm³/mol. The highest BCUT2D eigenvalue weighted by Gasteiger charge is 2.13. The second kappa shape index (κ2) is 5.82. The third-order valence-electron chi connectivity index (χ3n) is 3.00. The van der Waals surface area contributed by atoms with Crippen molar-refractivity contribution in [1.82, 2.24) is 5.32 Å². The van der Waals surface area contributed by atoms with E-state index in [1.54, 1.807) is 0 Å². The molecule has 0 aliphatic rings. The summed E-state index contributed by atoms with van der Waals surface area (Å²) < 4.78 is 0. The van der Waals surface area contributed by atoms with Crippen molar-refractivity contribution in [3.8, 4) is 0 Å². The molecule has 78 valence electrons. The Hall–Kier alpha value is -0.820. The van der Waals surface area contributed by atoms with Gasteiger partial charge in [-0.15, -0.1) is 0 Å². The molecule has 0 radical (unpaired) electrons. The van der Waals surface area contributed by atoms with Gasteiger partial charge in [0, 0.05) is 6.04 Å². The first-order valence-corrected chi connectivity index (χ1v) is 5.49. The molecule has 0 saturated carbocycles. The van der Waals surface area contributed by atoms with Crippen molar-refractivity contribution in [2.24, 2.45) is 5.92 Å². The van der Waals surface area contributed by atoms with E-state index in [1.165, 1.54) is 12.0 Å². The van der Waals surface area contributed by atoms with Crippen LogP contribution in [0.4, 0.5) is 0 Å². The van der Waals surface area contributed by atoms with Crippen LogP contribution >= 0.6 is 0 Å². The van der Waals surface area contributed by atoms with Crippen LogP contribution in [0.2, 0.25) is 0 Å². The van der Waals surface area contributed by atoms with E-state index in [0.29, 0.717) is 6.04 Å². The maximum atomic E-state index is 3.40. The van der Waals surface area contributed by atoms with Crippen LogP contribution in [0.1, 0.15) is 25.8 Å². The van der Waals surface area contributed by atoms with Gasteiger partial charge in [0.25, 0.3) is 0 Å². The normalized spacial score (nSPS) is 15.1. The lowest BCUT2D eigenvalue weighted by Gasteiger charge is -2.22. The van der Waals surface area contributed by atoms with E-state index in [2.05, 4.69) is 56.5 Å². The third kappa shape index (κ3) is 3.15. The molecule has 0 aliphatic carbocycles. The molecule has 1 nitrogen and oxygen atoms in total. The van der Waals surface area contributed by atoms with Crippen LogP contribution in [0.5, 0.6) is 0 Å². The van der Waals surface area contributed by atoms with E-state index < -0.39 is 0 Å². The average Bonchev–Trinajstić information content (AvgIpc) is 2.26. The van der Waals surface area contributed by atoms with Crippen LogP contribution in [-0.2, 0) is 6.42 Å². The second-order valence-electron chi connectivity index (χ2n) is 3.97. The number of hydrogen-bond donors (Lipinski definition) is 1. The Labute approximate surface area is 87.5 Å². The van der Waals surface area contributed by atoms with Crippen molar-refractivity contribution < 1.29 is 0 Å². The minimum Gasteiger partial charge on any atom is -0.316 e. The molecule has 1 aromatic rings. The Morgan fingerprint density at radius 3 is 2.36 bits per heavy atom. The molecule has 0 spiro atoms. The van der Waals surface area contributed by atoms with Crippen molar-refractivity contribution in [2.75, 3.05) is 7.05 Å². The van der Waals surface area contributed by atoms with Crippen molar-refractivity contribution in [3.63, 3.8) is 0 Å². The smallest absolute Gasteiger partial charge is 0.0130 e. The summed E-state index contributed by atoms with van der Waals surface area (Å²) in [5.41, 5.74) is 1.42. The molecule has 0 heterocycles. The molecule has 0 aromatic heterocycles. The first-order valence-electron chi connectivity index (χ1n) is 5.49. The molecule has 0 bridgehead atoms. The number of likely N-dealkylation sites (N-methyl/N-ethyl adjacent to an activating group) is 1. The molecule has 2 atom stereocenters. The van der Waals surface area contributed by atoms with E-state index in [4.69, 9.17) is 0 Å². The zero-order valence-corrected chi connectivity index (χ0v) is 9.46. The van der Waals surface area contributed by atoms with Crippen LogP contribution in [-0.4, -0.2) is 13.1 Å². The molecule has 2 unspecified atom stereocenters. The topological polar surface area (TPSA) is 12.0 Å². The molecule has 1 rings (SSSR count). The van der Waals surface area contributed by atoms with Gasteiger partial charge >= 0.3 is 0 Å². The van der Waals surface area contributed by atoms with Gasteiger partial charge in [0.2, 0.25) is 0 Å². The maximum Gasteiger partial charge on any atom is 0.0130 e. The molecule has 0 aliphatic heterocycles. The van der Waals surface area contributed by atoms with E-state index in [9.17, 15) is 0 Å². The van der Waals surface area contributed by atoms with Crippen molar-refractivity contribution >= 4 is 0 Å². The number of rotatable bonds is 5. The largest absolute Gasteiger partial charge is 0.316 e. The molecule has 0 amide bonds. The first kappa shape index (κ1) is 11.3. The summed E-state index contributed by atoms with van der Waals surface area (Å²) in [5, 5.41) is 3.40. The summed E-state index contributed by atoms with van der Waals surface area (Å²) in [5.74, 6) is 0.736. The summed E-state index contributed by atoms with van der Waals surface area (Å²) in [6, 6.07) is 11.3. The van der Waals surface area contributed by atoms with E-state index in [-0.39, 0.29) is 0 Å². The summed E-state index contributed by atoms with van der Waals surface area (Å²) >= 11 is 0. The van der Waals surface area contributed by atoms with Gasteiger partial charge in [-0.25, -0.2) is 0 Å². The van der Waals surface area contributed by atoms with Gasteiger partial charge in [-0.2, -0.15) is 0 Å². The maximum absolute atomic E-state index is 3.40. The standard InChI is InChI=1S/C13H21N/c1-4-11(2)13(14-3)10-12-8-6-5-7-9-12/h5-9,11,13-14H,4,10H2,1-3H3. The quantitative estimate of drug-likeness (QED) is 0.754. The van der Waals surface area contributed by atoms with Gasteiger partial charge in [0.05, 0.1) is 0 Å². The van der Waals surface area contributed by atoms with Crippen LogP contribution in [0.3, 0.4) is 0 Å². The van der Waals surface area contributed by atoms with Crippen molar-refractivity contribution in [3.05, 3.63) is 35.9 Å². The summed E-state index contributed by atoms with van der Waals surface area (Å²) in [7, 11) is 2.06. The Morgan fingerprint density at radius 1 is 1.21 bits per heavy atom. The fourth-order valence-corrected chi connectivity index (χ4v) is 1.74. The molecule has 1 N–H and O–H groups in total. The second-order valence-corrected chi connectivity index (χ2v) is 3.97. The fourth-order valence-electron chi connectivity index (χ4n) is 1.74. The molecule has 1 aromatic carbocycles. The van der Waals surface area contributed by atoms with Gasteiger partial charge in [0.1, 0.15) is 0 Å². The molecular formula is C13H21N. The molecule has 0 fully saturated rings. The van der Waals surface area contributed by atoms with Crippen molar-refractivity contribution in [2.45, 2.75) is 32.7 Å². The summed E-state index contributed by atoms with van der Waals surface area (Å²) in [6.45, 7) is 4.56. The minimum absolute atomic E-state index is 0.599. The monoisotopic (exact) mass is 191 g/mol. The lowest BCUT2D eigenvalue weighted by Crippen LogP contribution is -2.33.